The smallest absolute Gasteiger partial charge is 0.137 e. The molecule has 0 amide bonds. The maximum Gasteiger partial charge on any atom is 0.137 e. The van der Waals surface area contributed by atoms with Gasteiger partial charge in [-0.2, -0.15) is 5.10 Å². The van der Waals surface area contributed by atoms with Crippen molar-refractivity contribution in [1.29, 1.82) is 5.41 Å². The average molecular weight is 181 g/mol. The summed E-state index contributed by atoms with van der Waals surface area (Å²) in [7, 11) is 0. The molecule has 3 N–H and O–H groups in total. The number of hydrogen-bond acceptors (Lipinski definition) is 3. The molecule has 0 aliphatic rings. The van der Waals surface area contributed by atoms with E-state index >= 15 is 0 Å². The molecule has 0 saturated heterocycles. The third-order valence-electron chi connectivity index (χ3n) is 2.16. The SMILES string of the molecule is CC(C)(CCn1cncn1)C(=N)N. The number of aromatic nitrogens is 3. The van der Waals surface area contributed by atoms with Gasteiger partial charge in [-0.25, -0.2) is 4.98 Å². The second-order valence-electron chi connectivity index (χ2n) is 3.71. The van der Waals surface area contributed by atoms with E-state index in [1.165, 1.54) is 6.33 Å². The summed E-state index contributed by atoms with van der Waals surface area (Å²) < 4.78 is 1.74. The zero-order chi connectivity index (χ0) is 9.90. The molecule has 1 rings (SSSR count). The highest BCUT2D eigenvalue weighted by molar-refractivity contribution is 5.82. The average Bonchev–Trinajstić information content (AvgIpc) is 2.52. The topological polar surface area (TPSA) is 80.6 Å². The molecule has 13 heavy (non-hydrogen) atoms. The van der Waals surface area contributed by atoms with Crippen molar-refractivity contribution < 1.29 is 0 Å². The highest BCUT2D eigenvalue weighted by atomic mass is 15.3. The largest absolute Gasteiger partial charge is 0.387 e. The number of hydrogen-bond donors (Lipinski definition) is 2. The van der Waals surface area contributed by atoms with Gasteiger partial charge in [0.05, 0.1) is 5.84 Å². The predicted octanol–water partition coefficient (Wildman–Crippen LogP) is 0.630. The molecular weight excluding hydrogens is 166 g/mol. The van der Waals surface area contributed by atoms with Gasteiger partial charge in [0, 0.05) is 12.0 Å². The van der Waals surface area contributed by atoms with Crippen molar-refractivity contribution in [3.63, 3.8) is 0 Å². The fourth-order valence-electron chi connectivity index (χ4n) is 0.877. The van der Waals surface area contributed by atoms with Gasteiger partial charge >= 0.3 is 0 Å². The normalized spacial score (nSPS) is 11.5. The maximum atomic E-state index is 7.36. The van der Waals surface area contributed by atoms with Gasteiger partial charge in [0.1, 0.15) is 12.7 Å². The lowest BCUT2D eigenvalue weighted by Gasteiger charge is -2.22. The van der Waals surface area contributed by atoms with E-state index < -0.39 is 0 Å². The van der Waals surface area contributed by atoms with Crippen LogP contribution in [0.15, 0.2) is 12.7 Å². The van der Waals surface area contributed by atoms with Crippen molar-refractivity contribution in [2.24, 2.45) is 11.1 Å². The van der Waals surface area contributed by atoms with Gasteiger partial charge in [-0.1, -0.05) is 13.8 Å². The Labute approximate surface area is 77.5 Å². The van der Waals surface area contributed by atoms with E-state index in [1.807, 2.05) is 13.8 Å². The zero-order valence-electron chi connectivity index (χ0n) is 7.99. The Kier molecular flexibility index (Phi) is 2.65. The molecule has 1 aromatic rings. The molecule has 1 heterocycles. The van der Waals surface area contributed by atoms with Gasteiger partial charge in [-0.05, 0) is 6.42 Å². The molecule has 0 saturated carbocycles. The predicted molar refractivity (Wildman–Crippen MR) is 50.3 cm³/mol. The van der Waals surface area contributed by atoms with Crippen molar-refractivity contribution in [3.8, 4) is 0 Å². The van der Waals surface area contributed by atoms with Gasteiger partial charge < -0.3 is 5.73 Å². The quantitative estimate of drug-likeness (QED) is 0.528. The minimum Gasteiger partial charge on any atom is -0.387 e. The van der Waals surface area contributed by atoms with Crippen LogP contribution in [0.2, 0.25) is 0 Å². The molecule has 72 valence electrons. The van der Waals surface area contributed by atoms with Crippen LogP contribution in [-0.2, 0) is 6.54 Å². The summed E-state index contributed by atoms with van der Waals surface area (Å²) in [5, 5.41) is 11.3. The van der Waals surface area contributed by atoms with Crippen LogP contribution < -0.4 is 5.73 Å². The number of nitrogens with one attached hydrogen (secondary N) is 1. The highest BCUT2D eigenvalue weighted by Crippen LogP contribution is 2.19. The number of nitrogens with zero attached hydrogens (tertiary/aromatic N) is 3. The fourth-order valence-corrected chi connectivity index (χ4v) is 0.877. The van der Waals surface area contributed by atoms with Crippen molar-refractivity contribution in [1.82, 2.24) is 14.8 Å². The summed E-state index contributed by atoms with van der Waals surface area (Å²) in [6.07, 6.45) is 3.96. The zero-order valence-corrected chi connectivity index (χ0v) is 7.99. The Morgan fingerprint density at radius 2 is 2.31 bits per heavy atom. The molecule has 0 unspecified atom stereocenters. The number of rotatable bonds is 4. The Bertz CT molecular complexity index is 275. The van der Waals surface area contributed by atoms with Gasteiger partial charge in [0.15, 0.2) is 0 Å². The number of amidine groups is 1. The van der Waals surface area contributed by atoms with E-state index in [9.17, 15) is 0 Å². The summed E-state index contributed by atoms with van der Waals surface area (Å²) in [5.74, 6) is 0.215. The van der Waals surface area contributed by atoms with Crippen LogP contribution in [0.25, 0.3) is 0 Å². The monoisotopic (exact) mass is 181 g/mol. The summed E-state index contributed by atoms with van der Waals surface area (Å²) in [6, 6.07) is 0. The first kappa shape index (κ1) is 9.70. The molecule has 0 radical (unpaired) electrons. The molecular formula is C8H15N5. The van der Waals surface area contributed by atoms with E-state index in [1.54, 1.807) is 11.0 Å². The molecule has 0 spiro atoms. The van der Waals surface area contributed by atoms with Gasteiger partial charge in [-0.3, -0.25) is 10.1 Å². The number of nitrogens with two attached hydrogens (primary N) is 1. The van der Waals surface area contributed by atoms with E-state index in [0.717, 1.165) is 13.0 Å². The minimum absolute atomic E-state index is 0.215. The maximum absolute atomic E-state index is 7.36. The molecule has 0 aromatic carbocycles. The van der Waals surface area contributed by atoms with Crippen molar-refractivity contribution in [2.75, 3.05) is 0 Å². The van der Waals surface area contributed by atoms with Crippen LogP contribution in [0, 0.1) is 10.8 Å². The molecule has 5 heteroatoms. The summed E-state index contributed by atoms with van der Waals surface area (Å²) in [4.78, 5) is 3.83. The second-order valence-corrected chi connectivity index (χ2v) is 3.71. The van der Waals surface area contributed by atoms with Gasteiger partial charge in [0.25, 0.3) is 0 Å². The van der Waals surface area contributed by atoms with Crippen LogP contribution in [0.5, 0.6) is 0 Å². The van der Waals surface area contributed by atoms with Gasteiger partial charge in [0.2, 0.25) is 0 Å². The van der Waals surface area contributed by atoms with Crippen molar-refractivity contribution in [2.45, 2.75) is 26.8 Å². The molecule has 0 fully saturated rings. The van der Waals surface area contributed by atoms with Crippen LogP contribution in [0.4, 0.5) is 0 Å². The Balaban J connectivity index is 2.47. The van der Waals surface area contributed by atoms with E-state index in [4.69, 9.17) is 11.1 Å². The Hall–Kier alpha value is -1.39. The standard InChI is InChI=1S/C8H15N5/c1-8(2,7(9)10)3-4-13-6-11-5-12-13/h5-6H,3-4H2,1-2H3,(H3,9,10). The van der Waals surface area contributed by atoms with Crippen LogP contribution in [0.3, 0.4) is 0 Å². The lowest BCUT2D eigenvalue weighted by Crippen LogP contribution is -2.31. The van der Waals surface area contributed by atoms with Crippen LogP contribution in [0.1, 0.15) is 20.3 Å². The number of aryl methyl sites for hydroxylation is 1. The van der Waals surface area contributed by atoms with E-state index in [2.05, 4.69) is 10.1 Å². The fraction of sp³-hybridized carbons (Fsp3) is 0.625. The first-order chi connectivity index (χ1) is 6.02. The molecule has 0 atom stereocenters. The second kappa shape index (κ2) is 3.55. The van der Waals surface area contributed by atoms with Crippen LogP contribution >= 0.6 is 0 Å². The lowest BCUT2D eigenvalue weighted by atomic mass is 9.88. The molecule has 0 bridgehead atoms. The van der Waals surface area contributed by atoms with E-state index in [-0.39, 0.29) is 11.3 Å². The molecule has 0 aliphatic carbocycles. The first-order valence-electron chi connectivity index (χ1n) is 4.19. The van der Waals surface area contributed by atoms with E-state index in [0.29, 0.717) is 0 Å². The van der Waals surface area contributed by atoms with Crippen molar-refractivity contribution in [3.05, 3.63) is 12.7 Å². The Morgan fingerprint density at radius 3 is 2.77 bits per heavy atom. The Morgan fingerprint density at radius 1 is 1.62 bits per heavy atom. The molecule has 5 nitrogen and oxygen atoms in total. The minimum atomic E-state index is -0.258. The van der Waals surface area contributed by atoms with Crippen LogP contribution in [-0.4, -0.2) is 20.6 Å². The summed E-state index contributed by atoms with van der Waals surface area (Å²) in [6.45, 7) is 4.64. The summed E-state index contributed by atoms with van der Waals surface area (Å²) >= 11 is 0. The third-order valence-corrected chi connectivity index (χ3v) is 2.16. The molecule has 1 aromatic heterocycles. The summed E-state index contributed by atoms with van der Waals surface area (Å²) in [5.41, 5.74) is 5.19. The highest BCUT2D eigenvalue weighted by Gasteiger charge is 2.21. The first-order valence-corrected chi connectivity index (χ1v) is 4.19. The molecule has 0 aliphatic heterocycles. The van der Waals surface area contributed by atoms with Crippen molar-refractivity contribution >= 4 is 5.84 Å². The van der Waals surface area contributed by atoms with Gasteiger partial charge in [-0.15, -0.1) is 0 Å². The lowest BCUT2D eigenvalue weighted by molar-refractivity contribution is 0.411. The third kappa shape index (κ3) is 2.54.